The zero-order valence-electron chi connectivity index (χ0n) is 13.9. The van der Waals surface area contributed by atoms with Crippen LogP contribution in [0.2, 0.25) is 0 Å². The molecular weight excluding hydrogens is 346 g/mol. The van der Waals surface area contributed by atoms with E-state index in [1.54, 1.807) is 0 Å². The van der Waals surface area contributed by atoms with Crippen molar-refractivity contribution in [2.45, 2.75) is 58.6 Å². The molecule has 0 radical (unpaired) electrons. The van der Waals surface area contributed by atoms with Gasteiger partial charge in [0.25, 0.3) is 0 Å². The van der Waals surface area contributed by atoms with E-state index >= 15 is 0 Å². The van der Waals surface area contributed by atoms with E-state index in [4.69, 9.17) is 9.47 Å². The number of carbonyl (C=O) groups is 1. The molecule has 1 aliphatic carbocycles. The van der Waals surface area contributed by atoms with Crippen molar-refractivity contribution in [1.29, 1.82) is 0 Å². The summed E-state index contributed by atoms with van der Waals surface area (Å²) in [5.41, 5.74) is 1.51. The fourth-order valence-corrected chi connectivity index (χ4v) is 2.54. The Morgan fingerprint density at radius 1 is 1.27 bits per heavy atom. The van der Waals surface area contributed by atoms with Crippen molar-refractivity contribution in [1.82, 2.24) is 5.32 Å². The van der Waals surface area contributed by atoms with Crippen LogP contribution in [0.15, 0.2) is 16.6 Å². The molecule has 5 heteroatoms. The third kappa shape index (κ3) is 4.38. The largest absolute Gasteiger partial charge is 0.491 e. The molecule has 1 saturated carbocycles. The van der Waals surface area contributed by atoms with Gasteiger partial charge in [-0.3, -0.25) is 0 Å². The topological polar surface area (TPSA) is 47.6 Å². The summed E-state index contributed by atoms with van der Waals surface area (Å²) in [6, 6.07) is 3.94. The van der Waals surface area contributed by atoms with Gasteiger partial charge >= 0.3 is 6.09 Å². The van der Waals surface area contributed by atoms with E-state index in [2.05, 4.69) is 28.2 Å². The molecule has 4 nitrogen and oxygen atoms in total. The predicted octanol–water partition coefficient (Wildman–Crippen LogP) is 4.50. The Hall–Kier alpha value is -1.23. The van der Waals surface area contributed by atoms with E-state index in [0.29, 0.717) is 6.61 Å². The normalized spacial score (nSPS) is 16.1. The number of halogens is 1. The molecule has 0 aliphatic heterocycles. The molecular formula is C17H24BrNO3. The Labute approximate surface area is 140 Å². The fourth-order valence-electron chi connectivity index (χ4n) is 2.11. The first kappa shape index (κ1) is 17.1. The molecule has 0 heterocycles. The van der Waals surface area contributed by atoms with Crippen molar-refractivity contribution >= 4 is 22.0 Å². The third-order valence-corrected chi connectivity index (χ3v) is 4.65. The van der Waals surface area contributed by atoms with Crippen LogP contribution in [0.4, 0.5) is 4.79 Å². The van der Waals surface area contributed by atoms with E-state index in [0.717, 1.165) is 28.6 Å². The molecule has 1 fully saturated rings. The lowest BCUT2D eigenvalue weighted by Gasteiger charge is -2.24. The number of ether oxygens (including phenoxy) is 2. The van der Waals surface area contributed by atoms with E-state index in [-0.39, 0.29) is 11.6 Å². The van der Waals surface area contributed by atoms with Gasteiger partial charge < -0.3 is 14.8 Å². The Morgan fingerprint density at radius 3 is 2.45 bits per heavy atom. The lowest BCUT2D eigenvalue weighted by molar-refractivity contribution is 0.0477. The summed E-state index contributed by atoms with van der Waals surface area (Å²) in [5.74, 6) is 0.859. The molecule has 1 N–H and O–H groups in total. The van der Waals surface area contributed by atoms with Crippen molar-refractivity contribution in [3.63, 3.8) is 0 Å². The highest BCUT2D eigenvalue weighted by atomic mass is 79.9. The first-order valence-electron chi connectivity index (χ1n) is 7.52. The number of rotatable bonds is 4. The Bertz CT molecular complexity index is 574. The second-order valence-corrected chi connectivity index (χ2v) is 7.85. The summed E-state index contributed by atoms with van der Waals surface area (Å²) in [7, 11) is 0. The molecule has 0 aromatic heterocycles. The SMILES string of the molecule is Cc1c(Br)ccc(OCC2(NC(=O)OC(C)(C)C)CC2)c1C. The van der Waals surface area contributed by atoms with Gasteiger partial charge in [-0.25, -0.2) is 4.79 Å². The molecule has 122 valence electrons. The quantitative estimate of drug-likeness (QED) is 0.849. The molecule has 1 aromatic carbocycles. The number of amides is 1. The molecule has 1 amide bonds. The molecule has 1 aromatic rings. The summed E-state index contributed by atoms with van der Waals surface area (Å²) in [5, 5.41) is 2.94. The van der Waals surface area contributed by atoms with Gasteiger partial charge in [0.05, 0.1) is 5.54 Å². The minimum absolute atomic E-state index is 0.282. The monoisotopic (exact) mass is 369 g/mol. The number of carbonyl (C=O) groups excluding carboxylic acids is 1. The summed E-state index contributed by atoms with van der Waals surface area (Å²) in [4.78, 5) is 11.9. The van der Waals surface area contributed by atoms with Gasteiger partial charge in [-0.1, -0.05) is 15.9 Å². The first-order valence-corrected chi connectivity index (χ1v) is 8.31. The number of hydrogen-bond acceptors (Lipinski definition) is 3. The molecule has 0 atom stereocenters. The molecule has 0 bridgehead atoms. The van der Waals surface area contributed by atoms with Crippen molar-refractivity contribution in [3.8, 4) is 5.75 Å². The molecule has 22 heavy (non-hydrogen) atoms. The second-order valence-electron chi connectivity index (χ2n) is 6.99. The fraction of sp³-hybridized carbons (Fsp3) is 0.588. The highest BCUT2D eigenvalue weighted by Gasteiger charge is 2.46. The number of hydrogen-bond donors (Lipinski definition) is 1. The van der Waals surface area contributed by atoms with E-state index in [1.165, 1.54) is 5.56 Å². The lowest BCUT2D eigenvalue weighted by atomic mass is 10.1. The van der Waals surface area contributed by atoms with Gasteiger partial charge in [0.1, 0.15) is 18.0 Å². The van der Waals surface area contributed by atoms with Crippen molar-refractivity contribution in [2.75, 3.05) is 6.61 Å². The van der Waals surface area contributed by atoms with E-state index in [9.17, 15) is 4.79 Å². The molecule has 0 saturated heterocycles. The van der Waals surface area contributed by atoms with Crippen LogP contribution in [-0.4, -0.2) is 23.8 Å². The van der Waals surface area contributed by atoms with Crippen LogP contribution >= 0.6 is 15.9 Å². The lowest BCUT2D eigenvalue weighted by Crippen LogP contribution is -2.44. The number of nitrogens with one attached hydrogen (secondary N) is 1. The number of benzene rings is 1. The van der Waals surface area contributed by atoms with E-state index in [1.807, 2.05) is 39.8 Å². The summed E-state index contributed by atoms with van der Waals surface area (Å²) < 4.78 is 12.3. The third-order valence-electron chi connectivity index (χ3n) is 3.80. The molecule has 1 aliphatic rings. The summed E-state index contributed by atoms with van der Waals surface area (Å²) in [6.45, 7) is 10.1. The minimum Gasteiger partial charge on any atom is -0.491 e. The van der Waals surface area contributed by atoms with Gasteiger partial charge in [-0.05, 0) is 70.7 Å². The summed E-state index contributed by atoms with van der Waals surface area (Å²) >= 11 is 3.51. The van der Waals surface area contributed by atoms with Gasteiger partial charge in [0.15, 0.2) is 0 Å². The zero-order valence-corrected chi connectivity index (χ0v) is 15.5. The Morgan fingerprint density at radius 2 is 1.91 bits per heavy atom. The smallest absolute Gasteiger partial charge is 0.408 e. The molecule has 0 spiro atoms. The molecule has 2 rings (SSSR count). The number of alkyl carbamates (subject to hydrolysis) is 1. The molecule has 0 unspecified atom stereocenters. The van der Waals surface area contributed by atoms with Gasteiger partial charge in [0.2, 0.25) is 0 Å². The maximum atomic E-state index is 11.9. The Kier molecular flexibility index (Phi) is 4.76. The van der Waals surface area contributed by atoms with Crippen LogP contribution in [0, 0.1) is 13.8 Å². The van der Waals surface area contributed by atoms with Crippen LogP contribution in [0.3, 0.4) is 0 Å². The maximum absolute atomic E-state index is 11.9. The second kappa shape index (κ2) is 6.11. The van der Waals surface area contributed by atoms with Gasteiger partial charge in [-0.2, -0.15) is 0 Å². The van der Waals surface area contributed by atoms with Crippen molar-refractivity contribution < 1.29 is 14.3 Å². The standard InChI is InChI=1S/C17H24BrNO3/c1-11-12(2)14(7-6-13(11)18)21-10-17(8-9-17)19-15(20)22-16(3,4)5/h6-7H,8-10H2,1-5H3,(H,19,20). The van der Waals surface area contributed by atoms with Gasteiger partial charge in [-0.15, -0.1) is 0 Å². The minimum atomic E-state index is -0.486. The maximum Gasteiger partial charge on any atom is 0.408 e. The zero-order chi connectivity index (χ0) is 16.5. The summed E-state index contributed by atoms with van der Waals surface area (Å²) in [6.07, 6.45) is 1.46. The van der Waals surface area contributed by atoms with Crippen LogP contribution in [0.25, 0.3) is 0 Å². The van der Waals surface area contributed by atoms with Crippen LogP contribution in [0.1, 0.15) is 44.7 Å². The first-order chi connectivity index (χ1) is 10.1. The van der Waals surface area contributed by atoms with Gasteiger partial charge in [0, 0.05) is 4.47 Å². The average Bonchev–Trinajstić information content (AvgIpc) is 3.13. The predicted molar refractivity (Wildman–Crippen MR) is 90.4 cm³/mol. The van der Waals surface area contributed by atoms with Crippen LogP contribution in [0.5, 0.6) is 5.75 Å². The van der Waals surface area contributed by atoms with Crippen molar-refractivity contribution in [2.24, 2.45) is 0 Å². The Balaban J connectivity index is 1.94. The van der Waals surface area contributed by atoms with E-state index < -0.39 is 5.60 Å². The highest BCUT2D eigenvalue weighted by Crippen LogP contribution is 2.37. The highest BCUT2D eigenvalue weighted by molar-refractivity contribution is 9.10. The average molecular weight is 370 g/mol. The van der Waals surface area contributed by atoms with Crippen LogP contribution < -0.4 is 10.1 Å². The van der Waals surface area contributed by atoms with Crippen molar-refractivity contribution in [3.05, 3.63) is 27.7 Å². The van der Waals surface area contributed by atoms with Crippen LogP contribution in [-0.2, 0) is 4.74 Å².